The van der Waals surface area contributed by atoms with E-state index < -0.39 is 10.8 Å². The van der Waals surface area contributed by atoms with E-state index in [1.54, 1.807) is 12.4 Å². The monoisotopic (exact) mass is 146 g/mol. The zero-order valence-electron chi connectivity index (χ0n) is 5.39. The summed E-state index contributed by atoms with van der Waals surface area (Å²) in [6, 6.07) is 0. The molecular weight excluding hydrogens is 136 g/mol. The minimum absolute atomic E-state index is 0.635. The maximum absolute atomic E-state index is 10.4. The summed E-state index contributed by atoms with van der Waals surface area (Å²) >= 11 is 0. The lowest BCUT2D eigenvalue weighted by Gasteiger charge is -1.93. The molecule has 0 bridgehead atoms. The Morgan fingerprint density at radius 3 is 2.89 bits per heavy atom. The number of rotatable bonds is 4. The molecule has 0 saturated heterocycles. The summed E-state index contributed by atoms with van der Waals surface area (Å²) in [5.74, 6) is 0.675. The molecule has 0 aliphatic rings. The van der Waals surface area contributed by atoms with Crippen LogP contribution in [0.5, 0.6) is 0 Å². The summed E-state index contributed by atoms with van der Waals surface area (Å²) in [5, 5.41) is 10.5. The summed E-state index contributed by atoms with van der Waals surface area (Å²) in [4.78, 5) is 0. The lowest BCUT2D eigenvalue weighted by atomic mass is 10.5. The van der Waals surface area contributed by atoms with Crippen LogP contribution in [0.25, 0.3) is 0 Å². The quantitative estimate of drug-likeness (QED) is 0.340. The van der Waals surface area contributed by atoms with Crippen LogP contribution in [0, 0.1) is 11.5 Å². The third kappa shape index (κ3) is 7.44. The van der Waals surface area contributed by atoms with Crippen LogP contribution in [0.1, 0.15) is 6.42 Å². The highest BCUT2D eigenvalue weighted by Gasteiger charge is 1.88. The van der Waals surface area contributed by atoms with E-state index in [1.807, 2.05) is 0 Å². The number of hydrogen-bond acceptors (Lipinski definition) is 3. The van der Waals surface area contributed by atoms with Crippen LogP contribution >= 0.6 is 0 Å². The van der Waals surface area contributed by atoms with E-state index in [0.29, 0.717) is 12.3 Å². The molecule has 0 aliphatic carbocycles. The van der Waals surface area contributed by atoms with Crippen LogP contribution in [0.15, 0.2) is 0 Å². The van der Waals surface area contributed by atoms with Gasteiger partial charge < -0.3 is 5.32 Å². The van der Waals surface area contributed by atoms with Crippen molar-refractivity contribution in [2.75, 3.05) is 18.6 Å². The van der Waals surface area contributed by atoms with Gasteiger partial charge in [-0.3, -0.25) is 4.21 Å². The molecule has 0 aliphatic heterocycles. The first kappa shape index (κ1) is 8.44. The first-order valence-corrected chi connectivity index (χ1v) is 4.42. The number of hydrogen-bond donors (Lipinski definition) is 1. The Kier molecular flexibility index (Phi) is 5.23. The number of nitrogens with one attached hydrogen (secondary N) is 1. The molecule has 0 fully saturated rings. The molecule has 0 aromatic carbocycles. The normalized spacial score (nSPS) is 12.0. The van der Waals surface area contributed by atoms with Crippen molar-refractivity contribution in [1.82, 2.24) is 5.32 Å². The van der Waals surface area contributed by atoms with E-state index in [9.17, 15) is 4.21 Å². The molecule has 3 nitrogen and oxygen atoms in total. The molecule has 0 amide bonds. The molecule has 0 aromatic heterocycles. The van der Waals surface area contributed by atoms with Gasteiger partial charge in [0.05, 0.1) is 0 Å². The lowest BCUT2D eigenvalue weighted by Crippen LogP contribution is -2.10. The fourth-order valence-corrected chi connectivity index (χ4v) is 0.971. The number of nitriles is 1. The second kappa shape index (κ2) is 5.57. The van der Waals surface area contributed by atoms with Gasteiger partial charge in [-0.25, -0.2) is 0 Å². The average molecular weight is 146 g/mol. The molecule has 9 heavy (non-hydrogen) atoms. The van der Waals surface area contributed by atoms with Crippen LogP contribution in [-0.4, -0.2) is 22.8 Å². The van der Waals surface area contributed by atoms with E-state index in [-0.39, 0.29) is 0 Å². The van der Waals surface area contributed by atoms with Gasteiger partial charge in [0.2, 0.25) is 0 Å². The Labute approximate surface area is 57.5 Å². The van der Waals surface area contributed by atoms with Gasteiger partial charge in [-0.15, -0.1) is 0 Å². The molecule has 0 saturated carbocycles. The van der Waals surface area contributed by atoms with E-state index in [4.69, 9.17) is 5.26 Å². The fourth-order valence-electron chi connectivity index (χ4n) is 0.420. The van der Waals surface area contributed by atoms with Crippen molar-refractivity contribution in [1.29, 1.82) is 5.26 Å². The van der Waals surface area contributed by atoms with Crippen molar-refractivity contribution in [2.45, 2.75) is 6.42 Å². The van der Waals surface area contributed by atoms with Gasteiger partial charge in [0.15, 0.2) is 6.19 Å². The summed E-state index contributed by atoms with van der Waals surface area (Å²) in [6.07, 6.45) is 4.25. The minimum Gasteiger partial charge on any atom is -0.324 e. The molecule has 1 N–H and O–H groups in total. The highest BCUT2D eigenvalue weighted by Crippen LogP contribution is 1.79. The van der Waals surface area contributed by atoms with Crippen LogP contribution in [0.2, 0.25) is 0 Å². The molecule has 1 unspecified atom stereocenters. The molecule has 0 heterocycles. The Hall–Kier alpha value is -0.560. The van der Waals surface area contributed by atoms with Crippen LogP contribution in [-0.2, 0) is 10.8 Å². The summed E-state index contributed by atoms with van der Waals surface area (Å²) in [7, 11) is -0.718. The summed E-state index contributed by atoms with van der Waals surface area (Å²) < 4.78 is 10.4. The van der Waals surface area contributed by atoms with Gasteiger partial charge in [0.1, 0.15) is 0 Å². The van der Waals surface area contributed by atoms with Crippen LogP contribution in [0.3, 0.4) is 0 Å². The summed E-state index contributed by atoms with van der Waals surface area (Å²) in [6.45, 7) is 0.635. The molecule has 0 rings (SSSR count). The van der Waals surface area contributed by atoms with Gasteiger partial charge in [-0.2, -0.15) is 5.26 Å². The predicted molar refractivity (Wildman–Crippen MR) is 37.2 cm³/mol. The molecule has 0 radical (unpaired) electrons. The lowest BCUT2D eigenvalue weighted by molar-refractivity contribution is 0.682. The van der Waals surface area contributed by atoms with E-state index >= 15 is 0 Å². The van der Waals surface area contributed by atoms with Crippen molar-refractivity contribution in [3.05, 3.63) is 0 Å². The standard InChI is InChI=1S/C5H10N2OS/c1-9(8)4-2-3-7-5-6/h7H,2-4H2,1H3. The zero-order chi connectivity index (χ0) is 7.11. The van der Waals surface area contributed by atoms with Gasteiger partial charge in [0.25, 0.3) is 0 Å². The van der Waals surface area contributed by atoms with Crippen LogP contribution < -0.4 is 5.32 Å². The first-order valence-electron chi connectivity index (χ1n) is 2.69. The predicted octanol–water partition coefficient (Wildman–Crippen LogP) is -0.174. The van der Waals surface area contributed by atoms with Gasteiger partial charge >= 0.3 is 0 Å². The highest BCUT2D eigenvalue weighted by atomic mass is 32.2. The maximum atomic E-state index is 10.4. The Bertz CT molecular complexity index is 129. The Morgan fingerprint density at radius 2 is 2.44 bits per heavy atom. The summed E-state index contributed by atoms with van der Waals surface area (Å²) in [5.41, 5.74) is 0. The highest BCUT2D eigenvalue weighted by molar-refractivity contribution is 7.84. The second-order valence-corrected chi connectivity index (χ2v) is 3.22. The van der Waals surface area contributed by atoms with Crippen molar-refractivity contribution in [2.24, 2.45) is 0 Å². The molecule has 4 heteroatoms. The van der Waals surface area contributed by atoms with Gasteiger partial charge in [0, 0.05) is 29.4 Å². The topological polar surface area (TPSA) is 52.9 Å². The Balaban J connectivity index is 2.94. The first-order chi connectivity index (χ1) is 4.27. The van der Waals surface area contributed by atoms with Crippen molar-refractivity contribution in [3.63, 3.8) is 0 Å². The molecular formula is C5H10N2OS. The number of nitrogens with zero attached hydrogens (tertiary/aromatic N) is 1. The van der Waals surface area contributed by atoms with Gasteiger partial charge in [-0.05, 0) is 6.42 Å². The zero-order valence-corrected chi connectivity index (χ0v) is 6.20. The van der Waals surface area contributed by atoms with E-state index in [0.717, 1.165) is 6.42 Å². The van der Waals surface area contributed by atoms with Gasteiger partial charge in [-0.1, -0.05) is 0 Å². The SMILES string of the molecule is CS(=O)CCCNC#N. The molecule has 1 atom stereocenters. The van der Waals surface area contributed by atoms with Crippen LogP contribution in [0.4, 0.5) is 0 Å². The third-order valence-corrected chi connectivity index (χ3v) is 1.68. The molecule has 52 valence electrons. The Morgan fingerprint density at radius 1 is 1.78 bits per heavy atom. The largest absolute Gasteiger partial charge is 0.324 e. The average Bonchev–Trinajstić information content (AvgIpc) is 1.80. The molecule has 0 aromatic rings. The smallest absolute Gasteiger partial charge is 0.176 e. The van der Waals surface area contributed by atoms with E-state index in [2.05, 4.69) is 5.32 Å². The second-order valence-electron chi connectivity index (χ2n) is 1.67. The third-order valence-electron chi connectivity index (χ3n) is 0.813. The maximum Gasteiger partial charge on any atom is 0.176 e. The minimum atomic E-state index is -0.718. The van der Waals surface area contributed by atoms with Crippen molar-refractivity contribution < 1.29 is 4.21 Å². The van der Waals surface area contributed by atoms with Crippen molar-refractivity contribution in [3.8, 4) is 6.19 Å². The fraction of sp³-hybridized carbons (Fsp3) is 0.800. The van der Waals surface area contributed by atoms with E-state index in [1.165, 1.54) is 0 Å². The van der Waals surface area contributed by atoms with Crippen molar-refractivity contribution >= 4 is 10.8 Å². The molecule has 0 spiro atoms.